The third-order valence-electron chi connectivity index (χ3n) is 3.33. The number of rotatable bonds is 3. The minimum atomic E-state index is -0.938. The van der Waals surface area contributed by atoms with Crippen LogP contribution in [0.15, 0.2) is 0 Å². The predicted octanol–water partition coefficient (Wildman–Crippen LogP) is 1.25. The standard InChI is InChI=1S/C13H20N2O3/c1-4-7-14(5-2)13(18)15-8-6-10(3)9-11(15)12(16)17/h1,10-11H,5-9H2,2-3H3,(H,16,17). The Morgan fingerprint density at radius 2 is 2.22 bits per heavy atom. The second kappa shape index (κ2) is 6.29. The fraction of sp³-hybridized carbons (Fsp3) is 0.692. The third kappa shape index (κ3) is 3.16. The highest BCUT2D eigenvalue weighted by molar-refractivity contribution is 5.83. The first-order valence-electron chi connectivity index (χ1n) is 6.23. The van der Waals surface area contributed by atoms with Crippen LogP contribution < -0.4 is 0 Å². The van der Waals surface area contributed by atoms with Crippen molar-refractivity contribution in [3.63, 3.8) is 0 Å². The maximum Gasteiger partial charge on any atom is 0.326 e. The van der Waals surface area contributed by atoms with E-state index in [2.05, 4.69) is 5.92 Å². The van der Waals surface area contributed by atoms with Crippen molar-refractivity contribution in [2.75, 3.05) is 19.6 Å². The van der Waals surface area contributed by atoms with Gasteiger partial charge in [0.2, 0.25) is 0 Å². The van der Waals surface area contributed by atoms with Crippen LogP contribution in [0.25, 0.3) is 0 Å². The Hall–Kier alpha value is -1.70. The van der Waals surface area contributed by atoms with E-state index in [0.29, 0.717) is 25.4 Å². The number of carbonyl (C=O) groups is 2. The molecule has 0 aliphatic carbocycles. The third-order valence-corrected chi connectivity index (χ3v) is 3.33. The Morgan fingerprint density at radius 3 is 2.72 bits per heavy atom. The van der Waals surface area contributed by atoms with Crippen LogP contribution >= 0.6 is 0 Å². The number of likely N-dealkylation sites (tertiary alicyclic amines) is 1. The van der Waals surface area contributed by atoms with E-state index in [1.165, 1.54) is 9.80 Å². The second-order valence-electron chi connectivity index (χ2n) is 4.68. The van der Waals surface area contributed by atoms with Gasteiger partial charge in [0.15, 0.2) is 0 Å². The Bertz CT molecular complexity index is 362. The summed E-state index contributed by atoms with van der Waals surface area (Å²) < 4.78 is 0. The molecule has 100 valence electrons. The number of aliphatic carboxylic acids is 1. The molecule has 0 radical (unpaired) electrons. The summed E-state index contributed by atoms with van der Waals surface area (Å²) in [6, 6.07) is -0.997. The van der Waals surface area contributed by atoms with Crippen molar-refractivity contribution in [3.8, 4) is 12.3 Å². The molecule has 1 saturated heterocycles. The summed E-state index contributed by atoms with van der Waals surface area (Å²) in [5, 5.41) is 9.21. The minimum Gasteiger partial charge on any atom is -0.480 e. The number of amides is 2. The lowest BCUT2D eigenvalue weighted by Crippen LogP contribution is -2.54. The lowest BCUT2D eigenvalue weighted by molar-refractivity contribution is -0.144. The quantitative estimate of drug-likeness (QED) is 0.769. The number of piperidine rings is 1. The molecule has 0 bridgehead atoms. The minimum absolute atomic E-state index is 0.216. The van der Waals surface area contributed by atoms with Crippen molar-refractivity contribution < 1.29 is 14.7 Å². The largest absolute Gasteiger partial charge is 0.480 e. The number of carboxylic acids is 1. The average molecular weight is 252 g/mol. The monoisotopic (exact) mass is 252 g/mol. The van der Waals surface area contributed by atoms with Gasteiger partial charge >= 0.3 is 12.0 Å². The van der Waals surface area contributed by atoms with Crippen LogP contribution in [0.3, 0.4) is 0 Å². The Morgan fingerprint density at radius 1 is 1.56 bits per heavy atom. The van der Waals surface area contributed by atoms with Gasteiger partial charge in [-0.15, -0.1) is 6.42 Å². The number of hydrogen-bond acceptors (Lipinski definition) is 2. The molecule has 5 nitrogen and oxygen atoms in total. The molecule has 1 aliphatic rings. The lowest BCUT2D eigenvalue weighted by atomic mass is 9.92. The normalized spacial score (nSPS) is 23.3. The van der Waals surface area contributed by atoms with Crippen LogP contribution in [0.4, 0.5) is 4.79 Å². The lowest BCUT2D eigenvalue weighted by Gasteiger charge is -2.38. The molecule has 1 N–H and O–H groups in total. The SMILES string of the molecule is C#CCN(CC)C(=O)N1CCC(C)CC1C(=O)O. The van der Waals surface area contributed by atoms with E-state index in [1.807, 2.05) is 13.8 Å². The molecule has 2 atom stereocenters. The van der Waals surface area contributed by atoms with Gasteiger partial charge in [0.1, 0.15) is 6.04 Å². The van der Waals surface area contributed by atoms with Gasteiger partial charge < -0.3 is 14.9 Å². The number of urea groups is 1. The van der Waals surface area contributed by atoms with Crippen molar-refractivity contribution in [1.29, 1.82) is 0 Å². The zero-order valence-corrected chi connectivity index (χ0v) is 10.9. The summed E-state index contributed by atoms with van der Waals surface area (Å²) in [5.41, 5.74) is 0. The molecule has 1 heterocycles. The zero-order chi connectivity index (χ0) is 13.7. The fourth-order valence-electron chi connectivity index (χ4n) is 2.21. The highest BCUT2D eigenvalue weighted by Crippen LogP contribution is 2.23. The average Bonchev–Trinajstić information content (AvgIpc) is 2.35. The van der Waals surface area contributed by atoms with Gasteiger partial charge in [0, 0.05) is 13.1 Å². The molecular formula is C13H20N2O3. The van der Waals surface area contributed by atoms with E-state index in [0.717, 1.165) is 6.42 Å². The topological polar surface area (TPSA) is 60.9 Å². The number of hydrogen-bond donors (Lipinski definition) is 1. The first-order chi connectivity index (χ1) is 8.51. The van der Waals surface area contributed by atoms with Crippen molar-refractivity contribution in [2.45, 2.75) is 32.7 Å². The first-order valence-corrected chi connectivity index (χ1v) is 6.23. The van der Waals surface area contributed by atoms with Crippen molar-refractivity contribution in [2.24, 2.45) is 5.92 Å². The molecule has 2 unspecified atom stereocenters. The number of carbonyl (C=O) groups excluding carboxylic acids is 1. The predicted molar refractivity (Wildman–Crippen MR) is 68.0 cm³/mol. The van der Waals surface area contributed by atoms with Gasteiger partial charge in [0.25, 0.3) is 0 Å². The Balaban J connectivity index is 2.81. The number of terminal acetylenes is 1. The molecule has 18 heavy (non-hydrogen) atoms. The highest BCUT2D eigenvalue weighted by atomic mass is 16.4. The fourth-order valence-corrected chi connectivity index (χ4v) is 2.21. The van der Waals surface area contributed by atoms with Crippen LogP contribution in [0.5, 0.6) is 0 Å². The van der Waals surface area contributed by atoms with E-state index in [4.69, 9.17) is 6.42 Å². The van der Waals surface area contributed by atoms with Gasteiger partial charge in [-0.1, -0.05) is 12.8 Å². The van der Waals surface area contributed by atoms with E-state index in [9.17, 15) is 14.7 Å². The second-order valence-corrected chi connectivity index (χ2v) is 4.68. The van der Waals surface area contributed by atoms with Gasteiger partial charge in [-0.25, -0.2) is 9.59 Å². The highest BCUT2D eigenvalue weighted by Gasteiger charge is 2.36. The van der Waals surface area contributed by atoms with Crippen LogP contribution in [-0.4, -0.2) is 52.6 Å². The van der Waals surface area contributed by atoms with Crippen LogP contribution in [0.1, 0.15) is 26.7 Å². The number of carboxylic acid groups (broad SMARTS) is 1. The van der Waals surface area contributed by atoms with Gasteiger partial charge in [0.05, 0.1) is 6.54 Å². The summed E-state index contributed by atoms with van der Waals surface area (Å²) in [6.07, 6.45) is 6.56. The van der Waals surface area contributed by atoms with Crippen LogP contribution in [-0.2, 0) is 4.79 Å². The molecule has 0 aromatic heterocycles. The van der Waals surface area contributed by atoms with Crippen molar-refractivity contribution in [3.05, 3.63) is 0 Å². The van der Waals surface area contributed by atoms with Crippen LogP contribution in [0, 0.1) is 18.3 Å². The smallest absolute Gasteiger partial charge is 0.326 e. The maximum atomic E-state index is 12.2. The molecule has 2 amide bonds. The summed E-state index contributed by atoms with van der Waals surface area (Å²) in [5.74, 6) is 1.82. The zero-order valence-electron chi connectivity index (χ0n) is 10.9. The maximum absolute atomic E-state index is 12.2. The molecule has 0 spiro atoms. The van der Waals surface area contributed by atoms with E-state index in [1.54, 1.807) is 0 Å². The molecular weight excluding hydrogens is 232 g/mol. The molecule has 1 aliphatic heterocycles. The molecule has 1 rings (SSSR count). The van der Waals surface area contributed by atoms with Gasteiger partial charge in [-0.2, -0.15) is 0 Å². The van der Waals surface area contributed by atoms with Gasteiger partial charge in [-0.3, -0.25) is 0 Å². The van der Waals surface area contributed by atoms with E-state index < -0.39 is 12.0 Å². The molecule has 1 fully saturated rings. The van der Waals surface area contributed by atoms with Crippen LogP contribution in [0.2, 0.25) is 0 Å². The Labute approximate surface area is 108 Å². The van der Waals surface area contributed by atoms with E-state index >= 15 is 0 Å². The molecule has 5 heteroatoms. The van der Waals surface area contributed by atoms with E-state index in [-0.39, 0.29) is 12.6 Å². The summed E-state index contributed by atoms with van der Waals surface area (Å²) >= 11 is 0. The summed E-state index contributed by atoms with van der Waals surface area (Å²) in [6.45, 7) is 5.03. The van der Waals surface area contributed by atoms with Gasteiger partial charge in [-0.05, 0) is 25.7 Å². The number of nitrogens with zero attached hydrogens (tertiary/aromatic N) is 2. The molecule has 0 aromatic rings. The Kier molecular flexibility index (Phi) is 5.02. The summed E-state index contributed by atoms with van der Waals surface area (Å²) in [7, 11) is 0. The van der Waals surface area contributed by atoms with Crippen molar-refractivity contribution in [1.82, 2.24) is 9.80 Å². The summed E-state index contributed by atoms with van der Waals surface area (Å²) in [4.78, 5) is 26.4. The molecule has 0 saturated carbocycles. The van der Waals surface area contributed by atoms with Crippen molar-refractivity contribution >= 4 is 12.0 Å². The molecule has 0 aromatic carbocycles. The first kappa shape index (κ1) is 14.4.